The Morgan fingerprint density at radius 3 is 2.33 bits per heavy atom. The summed E-state index contributed by atoms with van der Waals surface area (Å²) in [5, 5.41) is 6.39. The minimum Gasteiger partial charge on any atom is -0.376 e. The van der Waals surface area contributed by atoms with Crippen LogP contribution in [-0.2, 0) is 4.79 Å². The average Bonchev–Trinajstić information content (AvgIpc) is 3.13. The van der Waals surface area contributed by atoms with Crippen LogP contribution >= 0.6 is 0 Å². The molecule has 27 heavy (non-hydrogen) atoms. The van der Waals surface area contributed by atoms with Crippen LogP contribution in [0, 0.1) is 6.92 Å². The van der Waals surface area contributed by atoms with Gasteiger partial charge in [-0.25, -0.2) is 0 Å². The lowest BCUT2D eigenvalue weighted by molar-refractivity contribution is -0.135. The first-order valence-corrected chi connectivity index (χ1v) is 10.4. The molecule has 2 atom stereocenters. The molecule has 2 unspecified atom stereocenters. The van der Waals surface area contributed by atoms with E-state index in [0.29, 0.717) is 30.2 Å². The Labute approximate surface area is 162 Å². The van der Waals surface area contributed by atoms with E-state index in [4.69, 9.17) is 0 Å². The van der Waals surface area contributed by atoms with E-state index in [2.05, 4.69) is 24.5 Å². The molecule has 5 nitrogen and oxygen atoms in total. The van der Waals surface area contributed by atoms with Gasteiger partial charge in [0.15, 0.2) is 0 Å². The van der Waals surface area contributed by atoms with E-state index in [9.17, 15) is 9.59 Å². The minimum atomic E-state index is 0.00333. The largest absolute Gasteiger partial charge is 0.376 e. The number of carbonyl (C=O) groups excluding carboxylic acids is 2. The van der Waals surface area contributed by atoms with Gasteiger partial charge >= 0.3 is 0 Å². The van der Waals surface area contributed by atoms with Gasteiger partial charge in [0, 0.05) is 29.4 Å². The molecule has 0 bridgehead atoms. The first-order valence-electron chi connectivity index (χ1n) is 10.4. The van der Waals surface area contributed by atoms with Gasteiger partial charge in [-0.2, -0.15) is 0 Å². The normalized spacial score (nSPS) is 23.3. The standard InChI is InChI=1S/C22H33N3O2/c1-15-13-18(22(27)24-19-9-4-5-10-19)11-12-20(15)23-14-21(26)25-16(2)7-6-8-17(25)3/h11-13,16-17,19,23H,4-10,14H2,1-3H3,(H,24,27). The van der Waals surface area contributed by atoms with Crippen molar-refractivity contribution in [1.82, 2.24) is 10.2 Å². The predicted molar refractivity (Wildman–Crippen MR) is 109 cm³/mol. The molecule has 0 aromatic heterocycles. The van der Waals surface area contributed by atoms with Crippen molar-refractivity contribution in [2.75, 3.05) is 11.9 Å². The van der Waals surface area contributed by atoms with Crippen molar-refractivity contribution < 1.29 is 9.59 Å². The number of hydrogen-bond donors (Lipinski definition) is 2. The number of rotatable bonds is 5. The van der Waals surface area contributed by atoms with Crippen molar-refractivity contribution in [2.45, 2.75) is 83.8 Å². The maximum Gasteiger partial charge on any atom is 0.251 e. The van der Waals surface area contributed by atoms with Crippen LogP contribution in [0.25, 0.3) is 0 Å². The first-order chi connectivity index (χ1) is 13.0. The van der Waals surface area contributed by atoms with Gasteiger partial charge in [-0.3, -0.25) is 9.59 Å². The summed E-state index contributed by atoms with van der Waals surface area (Å²) in [6.45, 7) is 6.54. The Morgan fingerprint density at radius 2 is 1.70 bits per heavy atom. The number of hydrogen-bond acceptors (Lipinski definition) is 3. The van der Waals surface area contributed by atoms with Gasteiger partial charge in [0.1, 0.15) is 0 Å². The molecule has 148 valence electrons. The Bertz CT molecular complexity index is 672. The molecule has 1 aliphatic carbocycles. The second kappa shape index (κ2) is 8.77. The van der Waals surface area contributed by atoms with Crippen LogP contribution in [-0.4, -0.2) is 41.4 Å². The highest BCUT2D eigenvalue weighted by atomic mass is 16.2. The number of likely N-dealkylation sites (tertiary alicyclic amines) is 1. The molecular weight excluding hydrogens is 338 g/mol. The topological polar surface area (TPSA) is 61.4 Å². The number of amides is 2. The monoisotopic (exact) mass is 371 g/mol. The molecule has 0 radical (unpaired) electrons. The Morgan fingerprint density at radius 1 is 1.04 bits per heavy atom. The van der Waals surface area contributed by atoms with Crippen LogP contribution in [0.15, 0.2) is 18.2 Å². The molecule has 2 fully saturated rings. The summed E-state index contributed by atoms with van der Waals surface area (Å²) in [7, 11) is 0. The van der Waals surface area contributed by atoms with E-state index in [1.165, 1.54) is 19.3 Å². The van der Waals surface area contributed by atoms with E-state index in [1.54, 1.807) is 0 Å². The molecule has 1 aliphatic heterocycles. The third kappa shape index (κ3) is 4.82. The smallest absolute Gasteiger partial charge is 0.251 e. The maximum absolute atomic E-state index is 12.7. The van der Waals surface area contributed by atoms with Crippen molar-refractivity contribution in [1.29, 1.82) is 0 Å². The van der Waals surface area contributed by atoms with Gasteiger partial charge in [-0.1, -0.05) is 12.8 Å². The zero-order chi connectivity index (χ0) is 19.4. The van der Waals surface area contributed by atoms with E-state index in [-0.39, 0.29) is 11.8 Å². The first kappa shape index (κ1) is 19.7. The number of piperidine rings is 1. The predicted octanol–water partition coefficient (Wildman–Crippen LogP) is 3.87. The lowest BCUT2D eigenvalue weighted by atomic mass is 9.97. The second-order valence-corrected chi connectivity index (χ2v) is 8.27. The van der Waals surface area contributed by atoms with Crippen LogP contribution in [0.1, 0.15) is 74.7 Å². The zero-order valence-corrected chi connectivity index (χ0v) is 16.9. The summed E-state index contributed by atoms with van der Waals surface area (Å²) in [6, 6.07) is 6.60. The molecule has 1 saturated carbocycles. The lowest BCUT2D eigenvalue weighted by Gasteiger charge is -2.39. The molecule has 1 aromatic carbocycles. The molecule has 2 N–H and O–H groups in total. The van der Waals surface area contributed by atoms with Crippen LogP contribution in [0.4, 0.5) is 5.69 Å². The fraction of sp³-hybridized carbons (Fsp3) is 0.636. The van der Waals surface area contributed by atoms with Gasteiger partial charge in [-0.15, -0.1) is 0 Å². The summed E-state index contributed by atoms with van der Waals surface area (Å²) in [4.78, 5) is 27.1. The summed E-state index contributed by atoms with van der Waals surface area (Å²) in [6.07, 6.45) is 7.94. The summed E-state index contributed by atoms with van der Waals surface area (Å²) in [5.74, 6) is 0.153. The van der Waals surface area contributed by atoms with Gasteiger partial charge in [0.05, 0.1) is 6.54 Å². The number of benzene rings is 1. The van der Waals surface area contributed by atoms with E-state index in [1.807, 2.05) is 30.0 Å². The van der Waals surface area contributed by atoms with Crippen molar-refractivity contribution in [2.24, 2.45) is 0 Å². The molecule has 0 spiro atoms. The quantitative estimate of drug-likeness (QED) is 0.826. The SMILES string of the molecule is Cc1cc(C(=O)NC2CCCC2)ccc1NCC(=O)N1C(C)CCCC1C. The summed E-state index contributed by atoms with van der Waals surface area (Å²) >= 11 is 0. The van der Waals surface area contributed by atoms with Crippen LogP contribution in [0.3, 0.4) is 0 Å². The Hall–Kier alpha value is -2.04. The molecule has 2 amide bonds. The zero-order valence-electron chi connectivity index (χ0n) is 16.9. The third-order valence-electron chi connectivity index (χ3n) is 6.09. The van der Waals surface area contributed by atoms with Crippen LogP contribution < -0.4 is 10.6 Å². The Kier molecular flexibility index (Phi) is 6.40. The number of carbonyl (C=O) groups is 2. The van der Waals surface area contributed by atoms with Gasteiger partial charge in [-0.05, 0) is 76.6 Å². The fourth-order valence-corrected chi connectivity index (χ4v) is 4.52. The highest BCUT2D eigenvalue weighted by molar-refractivity contribution is 5.95. The lowest BCUT2D eigenvalue weighted by Crippen LogP contribution is -2.49. The average molecular weight is 372 g/mol. The van der Waals surface area contributed by atoms with Crippen molar-refractivity contribution in [3.63, 3.8) is 0 Å². The molecular formula is C22H33N3O2. The Balaban J connectivity index is 1.57. The van der Waals surface area contributed by atoms with E-state index >= 15 is 0 Å². The molecule has 3 rings (SSSR count). The highest BCUT2D eigenvalue weighted by Crippen LogP contribution is 2.23. The van der Waals surface area contributed by atoms with E-state index < -0.39 is 0 Å². The van der Waals surface area contributed by atoms with Gasteiger partial charge in [0.25, 0.3) is 5.91 Å². The molecule has 1 heterocycles. The molecule has 1 saturated heterocycles. The number of nitrogens with one attached hydrogen (secondary N) is 2. The van der Waals surface area contributed by atoms with E-state index in [0.717, 1.165) is 36.9 Å². The number of aryl methyl sites for hydroxylation is 1. The fourth-order valence-electron chi connectivity index (χ4n) is 4.52. The summed E-state index contributed by atoms with van der Waals surface area (Å²) < 4.78 is 0. The maximum atomic E-state index is 12.7. The minimum absolute atomic E-state index is 0.00333. The number of anilines is 1. The summed E-state index contributed by atoms with van der Waals surface area (Å²) in [5.41, 5.74) is 2.59. The molecule has 2 aliphatic rings. The molecule has 1 aromatic rings. The number of nitrogens with zero attached hydrogens (tertiary/aromatic N) is 1. The van der Waals surface area contributed by atoms with Crippen molar-refractivity contribution in [3.05, 3.63) is 29.3 Å². The van der Waals surface area contributed by atoms with Gasteiger partial charge in [0.2, 0.25) is 5.91 Å². The highest BCUT2D eigenvalue weighted by Gasteiger charge is 2.28. The third-order valence-corrected chi connectivity index (χ3v) is 6.09. The van der Waals surface area contributed by atoms with Crippen molar-refractivity contribution >= 4 is 17.5 Å². The van der Waals surface area contributed by atoms with Crippen LogP contribution in [0.2, 0.25) is 0 Å². The van der Waals surface area contributed by atoms with Crippen molar-refractivity contribution in [3.8, 4) is 0 Å². The second-order valence-electron chi connectivity index (χ2n) is 8.27. The van der Waals surface area contributed by atoms with Crippen LogP contribution in [0.5, 0.6) is 0 Å². The van der Waals surface area contributed by atoms with Gasteiger partial charge < -0.3 is 15.5 Å². The molecule has 5 heteroatoms.